The SMILES string of the molecule is CC(NCC1(C)CCCC1)c1ccc2c(c1)NC(=O)CO2. The summed E-state index contributed by atoms with van der Waals surface area (Å²) in [5.74, 6) is 0.673. The number of nitrogens with one attached hydrogen (secondary N) is 2. The van der Waals surface area contributed by atoms with Crippen LogP contribution in [0.2, 0.25) is 0 Å². The molecule has 1 fully saturated rings. The molecule has 1 aromatic carbocycles. The quantitative estimate of drug-likeness (QED) is 0.894. The Labute approximate surface area is 126 Å². The van der Waals surface area contributed by atoms with Gasteiger partial charge in [-0.25, -0.2) is 0 Å². The molecule has 1 unspecified atom stereocenters. The van der Waals surface area contributed by atoms with Crippen LogP contribution in [0.5, 0.6) is 5.75 Å². The first-order valence-corrected chi connectivity index (χ1v) is 7.86. The number of anilines is 1. The number of fused-ring (bicyclic) bond motifs is 1. The highest BCUT2D eigenvalue weighted by Gasteiger charge is 2.28. The highest BCUT2D eigenvalue weighted by Crippen LogP contribution is 2.37. The van der Waals surface area contributed by atoms with Crippen LogP contribution >= 0.6 is 0 Å². The average Bonchev–Trinajstić information content (AvgIpc) is 2.91. The van der Waals surface area contributed by atoms with E-state index in [4.69, 9.17) is 4.74 Å². The standard InChI is InChI=1S/C17H24N2O2/c1-12(18-11-17(2)7-3-4-8-17)13-5-6-15-14(9-13)19-16(20)10-21-15/h5-6,9,12,18H,3-4,7-8,10-11H2,1-2H3,(H,19,20). The maximum Gasteiger partial charge on any atom is 0.262 e. The van der Waals surface area contributed by atoms with Gasteiger partial charge in [0.1, 0.15) is 5.75 Å². The lowest BCUT2D eigenvalue weighted by Gasteiger charge is -2.27. The van der Waals surface area contributed by atoms with E-state index in [9.17, 15) is 4.79 Å². The summed E-state index contributed by atoms with van der Waals surface area (Å²) in [6, 6.07) is 6.30. The van der Waals surface area contributed by atoms with Crippen molar-refractivity contribution >= 4 is 11.6 Å². The van der Waals surface area contributed by atoms with Gasteiger partial charge in [-0.05, 0) is 42.9 Å². The molecule has 1 aromatic rings. The van der Waals surface area contributed by atoms with Crippen molar-refractivity contribution in [3.63, 3.8) is 0 Å². The van der Waals surface area contributed by atoms with E-state index in [0.29, 0.717) is 5.41 Å². The summed E-state index contributed by atoms with van der Waals surface area (Å²) in [6.07, 6.45) is 5.35. The van der Waals surface area contributed by atoms with E-state index in [-0.39, 0.29) is 18.6 Å². The van der Waals surface area contributed by atoms with Gasteiger partial charge in [-0.3, -0.25) is 4.79 Å². The first-order valence-electron chi connectivity index (χ1n) is 7.86. The molecule has 1 aliphatic carbocycles. The lowest BCUT2D eigenvalue weighted by molar-refractivity contribution is -0.118. The molecule has 2 N–H and O–H groups in total. The van der Waals surface area contributed by atoms with Crippen LogP contribution in [0.3, 0.4) is 0 Å². The van der Waals surface area contributed by atoms with Gasteiger partial charge in [-0.15, -0.1) is 0 Å². The molecule has 3 rings (SSSR count). The van der Waals surface area contributed by atoms with E-state index in [1.807, 2.05) is 12.1 Å². The van der Waals surface area contributed by atoms with Crippen molar-refractivity contribution in [2.24, 2.45) is 5.41 Å². The van der Waals surface area contributed by atoms with Gasteiger partial charge < -0.3 is 15.4 Å². The molecule has 4 heteroatoms. The molecule has 114 valence electrons. The van der Waals surface area contributed by atoms with Crippen LogP contribution in [0.25, 0.3) is 0 Å². The van der Waals surface area contributed by atoms with Crippen molar-refractivity contribution in [1.82, 2.24) is 5.32 Å². The summed E-state index contributed by atoms with van der Waals surface area (Å²) in [6.45, 7) is 5.71. The molecule has 2 aliphatic rings. The van der Waals surface area contributed by atoms with E-state index in [2.05, 4.69) is 30.5 Å². The third-order valence-electron chi connectivity index (χ3n) is 4.78. The van der Waals surface area contributed by atoms with Crippen LogP contribution < -0.4 is 15.4 Å². The molecule has 1 amide bonds. The van der Waals surface area contributed by atoms with Crippen molar-refractivity contribution in [1.29, 1.82) is 0 Å². The number of benzene rings is 1. The molecule has 1 atom stereocenters. The average molecular weight is 288 g/mol. The first kappa shape index (κ1) is 14.4. The Hall–Kier alpha value is -1.55. The number of amides is 1. The second-order valence-electron chi connectivity index (χ2n) is 6.71. The van der Waals surface area contributed by atoms with Crippen molar-refractivity contribution in [2.45, 2.75) is 45.6 Å². The van der Waals surface area contributed by atoms with Crippen molar-refractivity contribution in [3.8, 4) is 5.75 Å². The molecule has 21 heavy (non-hydrogen) atoms. The fraction of sp³-hybridized carbons (Fsp3) is 0.588. The normalized spacial score (nSPS) is 21.3. The molecule has 1 heterocycles. The van der Waals surface area contributed by atoms with Gasteiger partial charge in [0.2, 0.25) is 0 Å². The Morgan fingerprint density at radius 3 is 2.90 bits per heavy atom. The first-order chi connectivity index (χ1) is 10.1. The minimum atomic E-state index is -0.0845. The van der Waals surface area contributed by atoms with Crippen LogP contribution in [0.4, 0.5) is 5.69 Å². The summed E-state index contributed by atoms with van der Waals surface area (Å²) >= 11 is 0. The number of hydrogen-bond acceptors (Lipinski definition) is 3. The molecule has 0 spiro atoms. The fourth-order valence-electron chi connectivity index (χ4n) is 3.29. The topological polar surface area (TPSA) is 50.4 Å². The third-order valence-corrected chi connectivity index (χ3v) is 4.78. The van der Waals surface area contributed by atoms with Gasteiger partial charge in [-0.2, -0.15) is 0 Å². The molecule has 1 saturated carbocycles. The highest BCUT2D eigenvalue weighted by atomic mass is 16.5. The van der Waals surface area contributed by atoms with Gasteiger partial charge in [0, 0.05) is 12.6 Å². The fourth-order valence-corrected chi connectivity index (χ4v) is 3.29. The zero-order valence-corrected chi connectivity index (χ0v) is 12.9. The Morgan fingerprint density at radius 1 is 1.38 bits per heavy atom. The Bertz CT molecular complexity index is 536. The molecular formula is C17H24N2O2. The van der Waals surface area contributed by atoms with Gasteiger partial charge in [0.05, 0.1) is 5.69 Å². The Balaban J connectivity index is 1.66. The van der Waals surface area contributed by atoms with E-state index in [1.165, 1.54) is 31.2 Å². The smallest absolute Gasteiger partial charge is 0.262 e. The highest BCUT2D eigenvalue weighted by molar-refractivity contribution is 5.95. The number of carbonyl (C=O) groups is 1. The molecule has 1 aliphatic heterocycles. The summed E-state index contributed by atoms with van der Waals surface area (Å²) in [5, 5.41) is 6.51. The predicted octanol–water partition coefficient (Wildman–Crippen LogP) is 3.25. The molecule has 0 bridgehead atoms. The third kappa shape index (κ3) is 3.21. The number of hydrogen-bond donors (Lipinski definition) is 2. The summed E-state index contributed by atoms with van der Waals surface area (Å²) in [5.41, 5.74) is 2.41. The van der Waals surface area contributed by atoms with Gasteiger partial charge >= 0.3 is 0 Å². The van der Waals surface area contributed by atoms with Crippen LogP contribution in [-0.4, -0.2) is 19.1 Å². The summed E-state index contributed by atoms with van der Waals surface area (Å²) in [7, 11) is 0. The van der Waals surface area contributed by atoms with E-state index < -0.39 is 0 Å². The molecule has 4 nitrogen and oxygen atoms in total. The maximum atomic E-state index is 11.4. The van der Waals surface area contributed by atoms with Crippen molar-refractivity contribution in [3.05, 3.63) is 23.8 Å². The molecule has 0 saturated heterocycles. The number of rotatable bonds is 4. The molecular weight excluding hydrogens is 264 g/mol. The largest absolute Gasteiger partial charge is 0.482 e. The second kappa shape index (κ2) is 5.68. The molecule has 0 aromatic heterocycles. The molecule has 0 radical (unpaired) electrons. The van der Waals surface area contributed by atoms with Crippen LogP contribution in [0, 0.1) is 5.41 Å². The van der Waals surface area contributed by atoms with E-state index >= 15 is 0 Å². The van der Waals surface area contributed by atoms with Crippen LogP contribution in [-0.2, 0) is 4.79 Å². The van der Waals surface area contributed by atoms with E-state index in [0.717, 1.165) is 18.0 Å². The zero-order valence-electron chi connectivity index (χ0n) is 12.9. The minimum Gasteiger partial charge on any atom is -0.482 e. The van der Waals surface area contributed by atoms with Gasteiger partial charge in [0.25, 0.3) is 5.91 Å². The monoisotopic (exact) mass is 288 g/mol. The minimum absolute atomic E-state index is 0.0845. The summed E-state index contributed by atoms with van der Waals surface area (Å²) < 4.78 is 5.40. The van der Waals surface area contributed by atoms with Crippen molar-refractivity contribution < 1.29 is 9.53 Å². The lowest BCUT2D eigenvalue weighted by atomic mass is 9.88. The predicted molar refractivity (Wildman–Crippen MR) is 83.6 cm³/mol. The Morgan fingerprint density at radius 2 is 2.14 bits per heavy atom. The lowest BCUT2D eigenvalue weighted by Crippen LogP contribution is -2.31. The van der Waals surface area contributed by atoms with Gasteiger partial charge in [0.15, 0.2) is 6.61 Å². The van der Waals surface area contributed by atoms with E-state index in [1.54, 1.807) is 0 Å². The van der Waals surface area contributed by atoms with Crippen LogP contribution in [0.15, 0.2) is 18.2 Å². The summed E-state index contributed by atoms with van der Waals surface area (Å²) in [4.78, 5) is 11.4. The Kier molecular flexibility index (Phi) is 3.89. The zero-order chi connectivity index (χ0) is 14.9. The number of carbonyl (C=O) groups excluding carboxylic acids is 1. The maximum absolute atomic E-state index is 11.4. The van der Waals surface area contributed by atoms with Crippen molar-refractivity contribution in [2.75, 3.05) is 18.5 Å². The second-order valence-corrected chi connectivity index (χ2v) is 6.71. The van der Waals surface area contributed by atoms with Crippen LogP contribution in [0.1, 0.15) is 51.1 Å². The van der Waals surface area contributed by atoms with Gasteiger partial charge in [-0.1, -0.05) is 25.8 Å². The number of ether oxygens (including phenoxy) is 1.